The lowest BCUT2D eigenvalue weighted by atomic mass is 9.99. The maximum Gasteiger partial charge on any atom is 0.306 e. The van der Waals surface area contributed by atoms with Crippen molar-refractivity contribution in [2.24, 2.45) is 17.8 Å². The molecule has 0 aromatic rings. The van der Waals surface area contributed by atoms with Crippen LogP contribution in [0.2, 0.25) is 0 Å². The number of esters is 3. The molecule has 0 rings (SSSR count). The van der Waals surface area contributed by atoms with Crippen LogP contribution in [-0.2, 0) is 28.6 Å². The smallest absolute Gasteiger partial charge is 0.306 e. The summed E-state index contributed by atoms with van der Waals surface area (Å²) in [5.74, 6) is 1.63. The molecule has 0 saturated heterocycles. The SMILES string of the molecule is CCC(C)CCCCCCCCCCC(=O)O[C@H](COC(=O)CCCCCCCCCCCCCC(C)C)COC(=O)CCCCCCCCCCCCC(C)C. The molecular weight excluding hydrogens is 709 g/mol. The molecule has 0 aromatic heterocycles. The highest BCUT2D eigenvalue weighted by molar-refractivity contribution is 5.71. The molecule has 338 valence electrons. The number of rotatable bonds is 44. The summed E-state index contributed by atoms with van der Waals surface area (Å²) in [6, 6.07) is 0. The van der Waals surface area contributed by atoms with Crippen LogP contribution in [0.15, 0.2) is 0 Å². The first kappa shape index (κ1) is 55.4. The van der Waals surface area contributed by atoms with E-state index in [4.69, 9.17) is 14.2 Å². The monoisotopic (exact) mass is 807 g/mol. The molecule has 0 spiro atoms. The number of hydrogen-bond donors (Lipinski definition) is 0. The van der Waals surface area contributed by atoms with Gasteiger partial charge in [0, 0.05) is 19.3 Å². The Kier molecular flexibility index (Phi) is 41.3. The van der Waals surface area contributed by atoms with Crippen LogP contribution in [0.3, 0.4) is 0 Å². The summed E-state index contributed by atoms with van der Waals surface area (Å²) in [6.45, 7) is 13.7. The summed E-state index contributed by atoms with van der Waals surface area (Å²) >= 11 is 0. The molecule has 2 atom stereocenters. The first-order valence-corrected chi connectivity index (χ1v) is 25.1. The van der Waals surface area contributed by atoms with Gasteiger partial charge in [-0.3, -0.25) is 14.4 Å². The third-order valence-electron chi connectivity index (χ3n) is 11.8. The minimum atomic E-state index is -0.763. The second-order valence-electron chi connectivity index (χ2n) is 18.6. The van der Waals surface area contributed by atoms with E-state index in [1.165, 1.54) is 154 Å². The first-order valence-electron chi connectivity index (χ1n) is 25.1. The quantitative estimate of drug-likeness (QED) is 0.0347. The Morgan fingerprint density at radius 1 is 0.351 bits per heavy atom. The maximum atomic E-state index is 12.8. The molecule has 0 aliphatic heterocycles. The second-order valence-corrected chi connectivity index (χ2v) is 18.6. The van der Waals surface area contributed by atoms with E-state index in [9.17, 15) is 14.4 Å². The molecule has 0 fully saturated rings. The molecule has 1 unspecified atom stereocenters. The van der Waals surface area contributed by atoms with E-state index in [-0.39, 0.29) is 31.1 Å². The molecule has 57 heavy (non-hydrogen) atoms. The van der Waals surface area contributed by atoms with Gasteiger partial charge in [0.25, 0.3) is 0 Å². The van der Waals surface area contributed by atoms with E-state index < -0.39 is 6.10 Å². The molecule has 0 heterocycles. The van der Waals surface area contributed by atoms with Crippen LogP contribution in [0, 0.1) is 17.8 Å². The largest absolute Gasteiger partial charge is 0.462 e. The molecule has 0 aromatic carbocycles. The number of ether oxygens (including phenoxy) is 3. The normalized spacial score (nSPS) is 12.6. The summed E-state index contributed by atoms with van der Waals surface area (Å²) in [6.07, 6.45) is 40.8. The summed E-state index contributed by atoms with van der Waals surface area (Å²) in [5.41, 5.74) is 0. The van der Waals surface area contributed by atoms with Gasteiger partial charge in [0.2, 0.25) is 0 Å². The van der Waals surface area contributed by atoms with Crippen molar-refractivity contribution in [1.82, 2.24) is 0 Å². The third kappa shape index (κ3) is 43.8. The highest BCUT2D eigenvalue weighted by atomic mass is 16.6. The summed E-state index contributed by atoms with van der Waals surface area (Å²) in [5, 5.41) is 0. The Balaban J connectivity index is 4.34. The molecular formula is C51H98O6. The van der Waals surface area contributed by atoms with Crippen LogP contribution >= 0.6 is 0 Å². The van der Waals surface area contributed by atoms with Gasteiger partial charge >= 0.3 is 17.9 Å². The summed E-state index contributed by atoms with van der Waals surface area (Å²) < 4.78 is 16.8. The minimum absolute atomic E-state index is 0.0654. The van der Waals surface area contributed by atoms with Crippen LogP contribution in [0.1, 0.15) is 273 Å². The fourth-order valence-corrected chi connectivity index (χ4v) is 7.55. The number of carbonyl (C=O) groups excluding carboxylic acids is 3. The van der Waals surface area contributed by atoms with E-state index in [0.717, 1.165) is 75.5 Å². The van der Waals surface area contributed by atoms with Gasteiger partial charge in [0.15, 0.2) is 6.10 Å². The summed E-state index contributed by atoms with van der Waals surface area (Å²) in [4.78, 5) is 37.9. The van der Waals surface area contributed by atoms with Gasteiger partial charge in [0.1, 0.15) is 13.2 Å². The molecule has 0 bridgehead atoms. The van der Waals surface area contributed by atoms with Gasteiger partial charge in [-0.05, 0) is 37.0 Å². The number of carbonyl (C=O) groups is 3. The number of unbranched alkanes of at least 4 members (excludes halogenated alkanes) is 26. The first-order chi connectivity index (χ1) is 27.6. The minimum Gasteiger partial charge on any atom is -0.462 e. The van der Waals surface area contributed by atoms with Crippen LogP contribution < -0.4 is 0 Å². The zero-order valence-electron chi connectivity index (χ0n) is 39.1. The zero-order chi connectivity index (χ0) is 42.0. The van der Waals surface area contributed by atoms with Crippen molar-refractivity contribution < 1.29 is 28.6 Å². The summed E-state index contributed by atoms with van der Waals surface area (Å²) in [7, 11) is 0. The van der Waals surface area contributed by atoms with Crippen molar-refractivity contribution in [1.29, 1.82) is 0 Å². The van der Waals surface area contributed by atoms with E-state index in [2.05, 4.69) is 41.5 Å². The van der Waals surface area contributed by atoms with E-state index >= 15 is 0 Å². The van der Waals surface area contributed by atoms with Crippen LogP contribution in [0.5, 0.6) is 0 Å². The second kappa shape index (κ2) is 42.5. The fraction of sp³-hybridized carbons (Fsp3) is 0.941. The lowest BCUT2D eigenvalue weighted by molar-refractivity contribution is -0.167. The standard InChI is InChI=1S/C51H98O6/c1-7-47(6)39-33-27-21-17-18-24-30-36-42-51(54)57-48(44-56-50(53)41-35-29-23-16-12-11-14-20-26-32-38-46(4)5)43-55-49(52)40-34-28-22-15-10-8-9-13-19-25-31-37-45(2)3/h45-48H,7-44H2,1-6H3/t47?,48-/m1/s1. The zero-order valence-corrected chi connectivity index (χ0v) is 39.1. The van der Waals surface area contributed by atoms with Gasteiger partial charge in [-0.1, -0.05) is 234 Å². The molecule has 0 aliphatic carbocycles. The Morgan fingerprint density at radius 3 is 0.912 bits per heavy atom. The van der Waals surface area contributed by atoms with Crippen LogP contribution in [0.4, 0.5) is 0 Å². The van der Waals surface area contributed by atoms with E-state index in [0.29, 0.717) is 19.3 Å². The van der Waals surface area contributed by atoms with Crippen LogP contribution in [-0.4, -0.2) is 37.2 Å². The predicted molar refractivity (Wildman–Crippen MR) is 243 cm³/mol. The van der Waals surface area contributed by atoms with Crippen molar-refractivity contribution in [2.45, 2.75) is 279 Å². The fourth-order valence-electron chi connectivity index (χ4n) is 7.55. The van der Waals surface area contributed by atoms with Crippen molar-refractivity contribution in [3.63, 3.8) is 0 Å². The highest BCUT2D eigenvalue weighted by Crippen LogP contribution is 2.18. The Hall–Kier alpha value is -1.59. The highest BCUT2D eigenvalue weighted by Gasteiger charge is 2.19. The lowest BCUT2D eigenvalue weighted by Gasteiger charge is -2.18. The van der Waals surface area contributed by atoms with Crippen molar-refractivity contribution in [2.75, 3.05) is 13.2 Å². The average molecular weight is 807 g/mol. The molecule has 0 radical (unpaired) electrons. The predicted octanol–water partition coefficient (Wildman–Crippen LogP) is 16.0. The van der Waals surface area contributed by atoms with Gasteiger partial charge in [-0.15, -0.1) is 0 Å². The van der Waals surface area contributed by atoms with E-state index in [1.54, 1.807) is 0 Å². The van der Waals surface area contributed by atoms with Crippen molar-refractivity contribution in [3.8, 4) is 0 Å². The van der Waals surface area contributed by atoms with Gasteiger partial charge in [-0.2, -0.15) is 0 Å². The van der Waals surface area contributed by atoms with Crippen LogP contribution in [0.25, 0.3) is 0 Å². The maximum absolute atomic E-state index is 12.8. The number of hydrogen-bond acceptors (Lipinski definition) is 6. The molecule has 0 saturated carbocycles. The van der Waals surface area contributed by atoms with Crippen molar-refractivity contribution in [3.05, 3.63) is 0 Å². The lowest BCUT2D eigenvalue weighted by Crippen LogP contribution is -2.30. The Bertz CT molecular complexity index is 885. The van der Waals surface area contributed by atoms with Gasteiger partial charge in [0.05, 0.1) is 0 Å². The van der Waals surface area contributed by atoms with Gasteiger partial charge < -0.3 is 14.2 Å². The molecule has 0 aliphatic rings. The van der Waals surface area contributed by atoms with Gasteiger partial charge in [-0.25, -0.2) is 0 Å². The molecule has 0 N–H and O–H groups in total. The van der Waals surface area contributed by atoms with E-state index in [1.807, 2.05) is 0 Å². The Morgan fingerprint density at radius 2 is 0.614 bits per heavy atom. The molecule has 6 nitrogen and oxygen atoms in total. The molecule has 6 heteroatoms. The third-order valence-corrected chi connectivity index (χ3v) is 11.8. The molecule has 0 amide bonds. The Labute approximate surface area is 355 Å². The van der Waals surface area contributed by atoms with Crippen molar-refractivity contribution >= 4 is 17.9 Å². The average Bonchev–Trinajstić information content (AvgIpc) is 3.18. The topological polar surface area (TPSA) is 78.9 Å².